The quantitative estimate of drug-likeness (QED) is 0.819. The van der Waals surface area contributed by atoms with Crippen LogP contribution in [-0.4, -0.2) is 15.0 Å². The second-order valence-electron chi connectivity index (χ2n) is 5.65. The summed E-state index contributed by atoms with van der Waals surface area (Å²) >= 11 is 5.74. The third-order valence-corrected chi connectivity index (χ3v) is 5.67. The van der Waals surface area contributed by atoms with Gasteiger partial charge in [0.2, 0.25) is 10.0 Å². The smallest absolute Gasteiger partial charge is 0.243 e. The molecule has 20 heavy (non-hydrogen) atoms. The molecule has 1 aliphatic carbocycles. The maximum absolute atomic E-state index is 13.9. The van der Waals surface area contributed by atoms with Gasteiger partial charge in [0.1, 0.15) is 4.90 Å². The summed E-state index contributed by atoms with van der Waals surface area (Å²) < 4.78 is 40.7. The molecule has 0 aromatic heterocycles. The van der Waals surface area contributed by atoms with Gasteiger partial charge in [-0.05, 0) is 36.3 Å². The van der Waals surface area contributed by atoms with Crippen LogP contribution in [0.4, 0.5) is 10.1 Å². The number of hydrogen-bond donors (Lipinski definition) is 2. The van der Waals surface area contributed by atoms with Crippen molar-refractivity contribution in [3.63, 3.8) is 0 Å². The Morgan fingerprint density at radius 3 is 2.55 bits per heavy atom. The van der Waals surface area contributed by atoms with E-state index < -0.39 is 20.7 Å². The van der Waals surface area contributed by atoms with Crippen molar-refractivity contribution in [1.82, 2.24) is 4.72 Å². The molecule has 1 fully saturated rings. The monoisotopic (exact) mass is 320 g/mol. The maximum Gasteiger partial charge on any atom is 0.243 e. The molecular weight excluding hydrogens is 303 g/mol. The Morgan fingerprint density at radius 2 is 2.05 bits per heavy atom. The van der Waals surface area contributed by atoms with E-state index in [-0.39, 0.29) is 16.1 Å². The summed E-state index contributed by atoms with van der Waals surface area (Å²) in [5.41, 5.74) is 5.13. The number of nitrogens with two attached hydrogens (primary N) is 1. The highest BCUT2D eigenvalue weighted by atomic mass is 35.5. The minimum absolute atomic E-state index is 0.00628. The number of nitrogen functional groups attached to an aromatic ring is 1. The zero-order valence-electron chi connectivity index (χ0n) is 11.4. The zero-order valence-corrected chi connectivity index (χ0v) is 13.0. The Labute approximate surface area is 123 Å². The molecule has 4 nitrogen and oxygen atoms in total. The Hall–Kier alpha value is -0.850. The first-order valence-electron chi connectivity index (χ1n) is 6.42. The van der Waals surface area contributed by atoms with Gasteiger partial charge < -0.3 is 5.73 Å². The molecule has 0 radical (unpaired) electrons. The van der Waals surface area contributed by atoms with Gasteiger partial charge in [-0.15, -0.1) is 0 Å². The molecule has 1 aliphatic rings. The van der Waals surface area contributed by atoms with Crippen LogP contribution in [0.15, 0.2) is 17.0 Å². The lowest BCUT2D eigenvalue weighted by molar-refractivity contribution is 0.357. The lowest BCUT2D eigenvalue weighted by Gasteiger charge is -2.20. The standard InChI is InChI=1S/C13H18ClFN2O2S/c1-8(2)13(3-4-13)7-17-20(18,19)11-6-9(14)5-10(16)12(11)15/h5-6,8,17H,3-4,7,16H2,1-2H3. The molecule has 0 atom stereocenters. The molecular formula is C13H18ClFN2O2S. The van der Waals surface area contributed by atoms with Crippen molar-refractivity contribution in [3.05, 3.63) is 23.0 Å². The Kier molecular flexibility index (Phi) is 4.01. The second kappa shape index (κ2) is 5.16. The molecule has 3 N–H and O–H groups in total. The second-order valence-corrected chi connectivity index (χ2v) is 7.82. The van der Waals surface area contributed by atoms with E-state index in [4.69, 9.17) is 17.3 Å². The molecule has 1 saturated carbocycles. The summed E-state index contributed by atoms with van der Waals surface area (Å²) in [6.07, 6.45) is 1.96. The first-order valence-corrected chi connectivity index (χ1v) is 8.28. The summed E-state index contributed by atoms with van der Waals surface area (Å²) in [5, 5.41) is 0.0919. The SMILES string of the molecule is CC(C)C1(CNS(=O)(=O)c2cc(Cl)cc(N)c2F)CC1. The topological polar surface area (TPSA) is 72.2 Å². The van der Waals surface area contributed by atoms with E-state index in [0.717, 1.165) is 18.9 Å². The van der Waals surface area contributed by atoms with E-state index in [0.29, 0.717) is 12.5 Å². The van der Waals surface area contributed by atoms with Crippen LogP contribution in [0.3, 0.4) is 0 Å². The number of anilines is 1. The van der Waals surface area contributed by atoms with Crippen molar-refractivity contribution in [2.24, 2.45) is 11.3 Å². The highest BCUT2D eigenvalue weighted by Crippen LogP contribution is 2.51. The van der Waals surface area contributed by atoms with E-state index in [1.54, 1.807) is 0 Å². The summed E-state index contributed by atoms with van der Waals surface area (Å²) in [5.74, 6) is -0.587. The molecule has 7 heteroatoms. The molecule has 2 rings (SSSR count). The van der Waals surface area contributed by atoms with Crippen LogP contribution in [0.5, 0.6) is 0 Å². The molecule has 0 unspecified atom stereocenters. The predicted molar refractivity (Wildman–Crippen MR) is 77.5 cm³/mol. The number of hydrogen-bond acceptors (Lipinski definition) is 3. The predicted octanol–water partition coefficient (Wildman–Crippen LogP) is 2.78. The van der Waals surface area contributed by atoms with Crippen molar-refractivity contribution in [2.75, 3.05) is 12.3 Å². The highest BCUT2D eigenvalue weighted by Gasteiger charge is 2.45. The van der Waals surface area contributed by atoms with E-state index >= 15 is 0 Å². The van der Waals surface area contributed by atoms with Gasteiger partial charge in [-0.2, -0.15) is 0 Å². The van der Waals surface area contributed by atoms with Gasteiger partial charge in [0.25, 0.3) is 0 Å². The largest absolute Gasteiger partial charge is 0.396 e. The van der Waals surface area contributed by atoms with Crippen molar-refractivity contribution in [2.45, 2.75) is 31.6 Å². The Morgan fingerprint density at radius 1 is 1.45 bits per heavy atom. The van der Waals surface area contributed by atoms with Crippen molar-refractivity contribution >= 4 is 27.3 Å². The average molecular weight is 321 g/mol. The number of benzene rings is 1. The fourth-order valence-corrected chi connectivity index (χ4v) is 3.78. The molecule has 1 aromatic rings. The van der Waals surface area contributed by atoms with Crippen LogP contribution in [0.2, 0.25) is 5.02 Å². The number of nitrogens with one attached hydrogen (secondary N) is 1. The highest BCUT2D eigenvalue weighted by molar-refractivity contribution is 7.89. The van der Waals surface area contributed by atoms with E-state index in [9.17, 15) is 12.8 Å². The summed E-state index contributed by atoms with van der Waals surface area (Å²) in [4.78, 5) is -0.498. The average Bonchev–Trinajstić information content (AvgIpc) is 3.12. The molecule has 1 aromatic carbocycles. The Balaban J connectivity index is 2.23. The van der Waals surface area contributed by atoms with Gasteiger partial charge in [0.15, 0.2) is 5.82 Å². The molecule has 0 aliphatic heterocycles. The third-order valence-electron chi connectivity index (χ3n) is 4.05. The van der Waals surface area contributed by atoms with E-state index in [1.807, 2.05) is 0 Å². The van der Waals surface area contributed by atoms with Gasteiger partial charge >= 0.3 is 0 Å². The van der Waals surface area contributed by atoms with Crippen LogP contribution >= 0.6 is 11.6 Å². The minimum Gasteiger partial charge on any atom is -0.396 e. The molecule has 0 saturated heterocycles. The molecule has 112 valence electrons. The summed E-state index contributed by atoms with van der Waals surface area (Å²) in [6, 6.07) is 2.26. The van der Waals surface area contributed by atoms with Gasteiger partial charge in [0, 0.05) is 11.6 Å². The Bertz CT molecular complexity index is 628. The van der Waals surface area contributed by atoms with Crippen LogP contribution in [0, 0.1) is 17.2 Å². The first-order chi connectivity index (χ1) is 9.18. The fraction of sp³-hybridized carbons (Fsp3) is 0.538. The van der Waals surface area contributed by atoms with Gasteiger partial charge in [-0.3, -0.25) is 0 Å². The molecule has 0 spiro atoms. The van der Waals surface area contributed by atoms with E-state index in [2.05, 4.69) is 18.6 Å². The number of sulfonamides is 1. The zero-order chi connectivity index (χ0) is 15.1. The minimum atomic E-state index is -3.95. The summed E-state index contributed by atoms with van der Waals surface area (Å²) in [7, 11) is -3.95. The molecule has 0 heterocycles. The van der Waals surface area contributed by atoms with Crippen molar-refractivity contribution in [1.29, 1.82) is 0 Å². The fourth-order valence-electron chi connectivity index (χ4n) is 2.22. The lowest BCUT2D eigenvalue weighted by atomic mass is 9.93. The summed E-state index contributed by atoms with van der Waals surface area (Å²) in [6.45, 7) is 4.41. The third kappa shape index (κ3) is 2.92. The van der Waals surface area contributed by atoms with E-state index in [1.165, 1.54) is 6.07 Å². The normalized spacial score (nSPS) is 17.4. The van der Waals surface area contributed by atoms with Crippen LogP contribution in [-0.2, 0) is 10.0 Å². The van der Waals surface area contributed by atoms with Crippen molar-refractivity contribution < 1.29 is 12.8 Å². The van der Waals surface area contributed by atoms with Gasteiger partial charge in [0.05, 0.1) is 5.69 Å². The molecule has 0 bridgehead atoms. The number of halogens is 2. The van der Waals surface area contributed by atoms with Crippen LogP contribution < -0.4 is 10.5 Å². The first kappa shape index (κ1) is 15.5. The van der Waals surface area contributed by atoms with Crippen molar-refractivity contribution in [3.8, 4) is 0 Å². The number of rotatable bonds is 5. The maximum atomic E-state index is 13.9. The van der Waals surface area contributed by atoms with Crippen LogP contribution in [0.1, 0.15) is 26.7 Å². The van der Waals surface area contributed by atoms with Gasteiger partial charge in [-0.1, -0.05) is 25.4 Å². The van der Waals surface area contributed by atoms with Gasteiger partial charge in [-0.25, -0.2) is 17.5 Å². The lowest BCUT2D eigenvalue weighted by Crippen LogP contribution is -2.33. The molecule has 0 amide bonds. The van der Waals surface area contributed by atoms with Crippen LogP contribution in [0.25, 0.3) is 0 Å².